The average Bonchev–Trinajstić information content (AvgIpc) is 2.77. The Hall–Kier alpha value is -0.830. The molecule has 2 aromatic rings. The molecule has 0 aromatic carbocycles. The predicted octanol–water partition coefficient (Wildman–Crippen LogP) is 4.83. The molecule has 0 radical (unpaired) electrons. The Kier molecular flexibility index (Phi) is 4.58. The normalized spacial score (nSPS) is 11.7. The van der Waals surface area contributed by atoms with Crippen molar-refractivity contribution < 1.29 is 18.0 Å². The summed E-state index contributed by atoms with van der Waals surface area (Å²) in [6.07, 6.45) is -1.93. The van der Waals surface area contributed by atoms with Crippen LogP contribution in [0.15, 0.2) is 21.6 Å². The zero-order valence-corrected chi connectivity index (χ0v) is 12.4. The van der Waals surface area contributed by atoms with E-state index in [2.05, 4.69) is 9.97 Å². The molecular formula is C10H3Cl2F3N2OS2. The quantitative estimate of drug-likeness (QED) is 0.737. The van der Waals surface area contributed by atoms with E-state index in [-0.39, 0.29) is 20.7 Å². The predicted molar refractivity (Wildman–Crippen MR) is 70.9 cm³/mol. The topological polar surface area (TPSA) is 42.9 Å². The molecule has 20 heavy (non-hydrogen) atoms. The maximum Gasteiger partial charge on any atom is 0.434 e. The van der Waals surface area contributed by atoms with Crippen LogP contribution in [0.2, 0.25) is 10.0 Å². The lowest BCUT2D eigenvalue weighted by atomic mass is 10.4. The molecule has 0 aliphatic rings. The van der Waals surface area contributed by atoms with Crippen LogP contribution in [-0.4, -0.2) is 16.3 Å². The molecule has 0 atom stereocenters. The summed E-state index contributed by atoms with van der Waals surface area (Å²) in [7, 11) is 0. The molecule has 2 aromatic heterocycles. The lowest BCUT2D eigenvalue weighted by Crippen LogP contribution is -2.08. The van der Waals surface area contributed by atoms with E-state index in [0.29, 0.717) is 16.2 Å². The van der Waals surface area contributed by atoms with Gasteiger partial charge in [-0.3, -0.25) is 9.78 Å². The van der Waals surface area contributed by atoms with Gasteiger partial charge in [0.05, 0.1) is 14.9 Å². The fourth-order valence-electron chi connectivity index (χ4n) is 1.22. The minimum atomic E-state index is -4.68. The number of hydrogen-bond donors (Lipinski definition) is 0. The zero-order valence-electron chi connectivity index (χ0n) is 9.24. The molecule has 2 heterocycles. The Labute approximate surface area is 129 Å². The Morgan fingerprint density at radius 3 is 2.30 bits per heavy atom. The van der Waals surface area contributed by atoms with Crippen molar-refractivity contribution >= 4 is 52.6 Å². The van der Waals surface area contributed by atoms with Crippen LogP contribution in [-0.2, 0) is 6.18 Å². The lowest BCUT2D eigenvalue weighted by molar-refractivity contribution is -0.141. The molecule has 0 spiro atoms. The van der Waals surface area contributed by atoms with Crippen LogP contribution in [0.5, 0.6) is 0 Å². The summed E-state index contributed by atoms with van der Waals surface area (Å²) in [4.78, 5) is 17.7. The van der Waals surface area contributed by atoms with Crippen molar-refractivity contribution in [2.75, 3.05) is 0 Å². The van der Waals surface area contributed by atoms with Gasteiger partial charge in [0.15, 0.2) is 16.3 Å². The number of nitrogens with zero attached hydrogens (tertiary/aromatic N) is 2. The largest absolute Gasteiger partial charge is 0.434 e. The second-order valence-corrected chi connectivity index (χ2v) is 6.45. The molecule has 0 saturated heterocycles. The monoisotopic (exact) mass is 358 g/mol. The molecule has 0 N–H and O–H groups in total. The van der Waals surface area contributed by atoms with Gasteiger partial charge in [-0.25, -0.2) is 4.98 Å². The number of hydrogen-bond acceptors (Lipinski definition) is 5. The highest BCUT2D eigenvalue weighted by Crippen LogP contribution is 2.42. The first kappa shape index (κ1) is 15.6. The number of aldehydes is 1. The molecule has 0 bridgehead atoms. The van der Waals surface area contributed by atoms with Gasteiger partial charge in [0.1, 0.15) is 4.88 Å². The van der Waals surface area contributed by atoms with Crippen molar-refractivity contribution in [2.45, 2.75) is 15.4 Å². The standard InChI is InChI=1S/C10H3Cl2F3N2OS2/c11-4-1-16-2-5(12)7(4)20-9-17-8(10(13,14)15)6(3-18)19-9/h1-3H. The number of pyridine rings is 1. The molecule has 2 rings (SSSR count). The summed E-state index contributed by atoms with van der Waals surface area (Å²) in [5, 5.41) is 0.387. The summed E-state index contributed by atoms with van der Waals surface area (Å²) < 4.78 is 38.0. The van der Waals surface area contributed by atoms with Gasteiger partial charge in [-0.15, -0.1) is 11.3 Å². The minimum absolute atomic E-state index is 0.0226. The number of carbonyl (C=O) groups is 1. The summed E-state index contributed by atoms with van der Waals surface area (Å²) >= 11 is 13.2. The Morgan fingerprint density at radius 1 is 1.25 bits per heavy atom. The third kappa shape index (κ3) is 3.25. The average molecular weight is 359 g/mol. The number of carbonyl (C=O) groups excluding carboxylic acids is 1. The van der Waals surface area contributed by atoms with E-state index in [4.69, 9.17) is 23.2 Å². The van der Waals surface area contributed by atoms with Crippen molar-refractivity contribution in [1.82, 2.24) is 9.97 Å². The van der Waals surface area contributed by atoms with Gasteiger partial charge >= 0.3 is 6.18 Å². The van der Waals surface area contributed by atoms with Gasteiger partial charge in [0.25, 0.3) is 0 Å². The number of thiazole rings is 1. The van der Waals surface area contributed by atoms with E-state index in [1.165, 1.54) is 12.4 Å². The summed E-state index contributed by atoms with van der Waals surface area (Å²) in [5.74, 6) is 0. The van der Waals surface area contributed by atoms with Crippen molar-refractivity contribution in [3.05, 3.63) is 33.0 Å². The van der Waals surface area contributed by atoms with E-state index in [9.17, 15) is 18.0 Å². The molecule has 0 aliphatic carbocycles. The highest BCUT2D eigenvalue weighted by molar-refractivity contribution is 8.01. The van der Waals surface area contributed by atoms with Crippen LogP contribution in [0, 0.1) is 0 Å². The summed E-state index contributed by atoms with van der Waals surface area (Å²) in [5.41, 5.74) is -1.21. The van der Waals surface area contributed by atoms with E-state index in [1.54, 1.807) is 0 Å². The highest BCUT2D eigenvalue weighted by atomic mass is 35.5. The number of alkyl halides is 3. The number of rotatable bonds is 3. The van der Waals surface area contributed by atoms with Crippen LogP contribution in [0.25, 0.3) is 0 Å². The van der Waals surface area contributed by atoms with Gasteiger partial charge in [0, 0.05) is 12.4 Å². The molecule has 0 aliphatic heterocycles. The van der Waals surface area contributed by atoms with Gasteiger partial charge in [0.2, 0.25) is 0 Å². The second-order valence-electron chi connectivity index (χ2n) is 3.34. The van der Waals surface area contributed by atoms with Gasteiger partial charge in [-0.2, -0.15) is 13.2 Å². The van der Waals surface area contributed by atoms with E-state index >= 15 is 0 Å². The Bertz CT molecular complexity index is 640. The second kappa shape index (κ2) is 5.88. The number of halogens is 5. The third-order valence-corrected chi connectivity index (χ3v) is 4.99. The van der Waals surface area contributed by atoms with Crippen LogP contribution in [0.1, 0.15) is 15.4 Å². The fourth-order valence-corrected chi connectivity index (χ4v) is 3.75. The first-order chi connectivity index (χ1) is 9.32. The van der Waals surface area contributed by atoms with Crippen LogP contribution in [0.3, 0.4) is 0 Å². The Balaban J connectivity index is 2.40. The van der Waals surface area contributed by atoms with Crippen molar-refractivity contribution in [2.24, 2.45) is 0 Å². The first-order valence-corrected chi connectivity index (χ1v) is 7.22. The van der Waals surface area contributed by atoms with Gasteiger partial charge in [-0.1, -0.05) is 35.0 Å². The fraction of sp³-hybridized carbons (Fsp3) is 0.100. The molecule has 106 valence electrons. The SMILES string of the molecule is O=Cc1sc(Sc2c(Cl)cncc2Cl)nc1C(F)(F)F. The van der Waals surface area contributed by atoms with Crippen molar-refractivity contribution in [3.8, 4) is 0 Å². The maximum absolute atomic E-state index is 12.7. The van der Waals surface area contributed by atoms with Gasteiger partial charge < -0.3 is 0 Å². The molecule has 0 saturated carbocycles. The first-order valence-electron chi connectivity index (χ1n) is 4.83. The molecule has 10 heteroatoms. The lowest BCUT2D eigenvalue weighted by Gasteiger charge is -2.03. The maximum atomic E-state index is 12.7. The van der Waals surface area contributed by atoms with Crippen LogP contribution in [0.4, 0.5) is 13.2 Å². The highest BCUT2D eigenvalue weighted by Gasteiger charge is 2.37. The van der Waals surface area contributed by atoms with Crippen LogP contribution >= 0.6 is 46.3 Å². The molecular weight excluding hydrogens is 356 g/mol. The third-order valence-electron chi connectivity index (χ3n) is 2.01. The summed E-state index contributed by atoms with van der Waals surface area (Å²) in [6, 6.07) is 0. The Morgan fingerprint density at radius 2 is 1.85 bits per heavy atom. The summed E-state index contributed by atoms with van der Waals surface area (Å²) in [6.45, 7) is 0. The smallest absolute Gasteiger partial charge is 0.297 e. The van der Waals surface area contributed by atoms with Gasteiger partial charge in [-0.05, 0) is 0 Å². The van der Waals surface area contributed by atoms with E-state index in [0.717, 1.165) is 11.8 Å². The molecule has 0 fully saturated rings. The minimum Gasteiger partial charge on any atom is -0.297 e. The van der Waals surface area contributed by atoms with E-state index in [1.807, 2.05) is 0 Å². The molecule has 3 nitrogen and oxygen atoms in total. The number of aromatic nitrogens is 2. The zero-order chi connectivity index (χ0) is 14.9. The van der Waals surface area contributed by atoms with Crippen LogP contribution < -0.4 is 0 Å². The molecule has 0 unspecified atom stereocenters. The molecule has 0 amide bonds. The van der Waals surface area contributed by atoms with Crippen molar-refractivity contribution in [3.63, 3.8) is 0 Å². The van der Waals surface area contributed by atoms with Crippen molar-refractivity contribution in [1.29, 1.82) is 0 Å². The van der Waals surface area contributed by atoms with E-state index < -0.39 is 16.7 Å².